The van der Waals surface area contributed by atoms with Gasteiger partial charge in [-0.3, -0.25) is 0 Å². The van der Waals surface area contributed by atoms with Crippen LogP contribution in [0.25, 0.3) is 0 Å². The lowest BCUT2D eigenvalue weighted by Gasteiger charge is -2.34. The van der Waals surface area contributed by atoms with Crippen LogP contribution in [0.4, 0.5) is 0 Å². The molecule has 1 heterocycles. The number of hydrogen-bond donors (Lipinski definition) is 0. The Morgan fingerprint density at radius 3 is 2.42 bits per heavy atom. The summed E-state index contributed by atoms with van der Waals surface area (Å²) in [5.74, 6) is 0.946. The summed E-state index contributed by atoms with van der Waals surface area (Å²) in [5, 5.41) is 0.358. The maximum atomic E-state index is 13.0. The maximum Gasteiger partial charge on any atom is 0.246 e. The van der Waals surface area contributed by atoms with Crippen molar-refractivity contribution in [3.05, 3.63) is 21.6 Å². The summed E-state index contributed by atoms with van der Waals surface area (Å²) in [6, 6.07) is 3.08. The van der Waals surface area contributed by atoms with Crippen molar-refractivity contribution in [1.29, 1.82) is 0 Å². The van der Waals surface area contributed by atoms with Gasteiger partial charge in [-0.25, -0.2) is 8.42 Å². The molecule has 0 amide bonds. The van der Waals surface area contributed by atoms with Gasteiger partial charge in [-0.2, -0.15) is 4.31 Å². The molecule has 1 aromatic carbocycles. The van der Waals surface area contributed by atoms with E-state index in [2.05, 4.69) is 34.7 Å². The Kier molecular flexibility index (Phi) is 6.96. The number of methoxy groups -OCH3 is 1. The predicted molar refractivity (Wildman–Crippen MR) is 100 cm³/mol. The molecule has 0 atom stereocenters. The van der Waals surface area contributed by atoms with E-state index in [4.69, 9.17) is 16.3 Å². The van der Waals surface area contributed by atoms with Crippen molar-refractivity contribution < 1.29 is 13.2 Å². The fourth-order valence-electron chi connectivity index (χ4n) is 2.70. The number of rotatable bonds is 6. The lowest BCUT2D eigenvalue weighted by atomic mass is 10.1. The number of halogens is 2. The van der Waals surface area contributed by atoms with Gasteiger partial charge in [-0.05, 0) is 46.9 Å². The number of sulfonamides is 1. The van der Waals surface area contributed by atoms with Crippen LogP contribution in [0, 0.1) is 5.92 Å². The number of benzene rings is 1. The normalized spacial score (nSPS) is 17.4. The Morgan fingerprint density at radius 1 is 1.25 bits per heavy atom. The number of nitrogens with zero attached hydrogens (tertiary/aromatic N) is 2. The van der Waals surface area contributed by atoms with Gasteiger partial charge in [0, 0.05) is 31.2 Å². The zero-order valence-electron chi connectivity index (χ0n) is 14.3. The first-order valence-electron chi connectivity index (χ1n) is 8.01. The highest BCUT2D eigenvalue weighted by Gasteiger charge is 2.31. The number of hydrogen-bond acceptors (Lipinski definition) is 4. The van der Waals surface area contributed by atoms with E-state index in [1.54, 1.807) is 6.07 Å². The molecular weight excluding hydrogens is 416 g/mol. The third kappa shape index (κ3) is 4.64. The van der Waals surface area contributed by atoms with Crippen LogP contribution < -0.4 is 4.74 Å². The smallest absolute Gasteiger partial charge is 0.246 e. The Hall–Kier alpha value is -0.340. The first-order chi connectivity index (χ1) is 11.3. The van der Waals surface area contributed by atoms with Crippen LogP contribution in [0.1, 0.15) is 20.3 Å². The van der Waals surface area contributed by atoms with Crippen molar-refractivity contribution in [3.8, 4) is 5.75 Å². The molecule has 0 N–H and O–H groups in total. The second-order valence-corrected chi connectivity index (χ2v) is 9.54. The van der Waals surface area contributed by atoms with E-state index in [0.717, 1.165) is 26.1 Å². The van der Waals surface area contributed by atoms with Gasteiger partial charge in [0.25, 0.3) is 0 Å². The van der Waals surface area contributed by atoms with Crippen LogP contribution in [-0.2, 0) is 10.0 Å². The highest BCUT2D eigenvalue weighted by Crippen LogP contribution is 2.37. The molecule has 1 saturated heterocycles. The Morgan fingerprint density at radius 2 is 1.88 bits per heavy atom. The number of ether oxygens (including phenoxy) is 1. The SMILES string of the molecule is COc1c(Br)cc(Cl)cc1S(=O)(=O)N1CCN(CCC(C)C)CC1. The average molecular weight is 440 g/mol. The molecule has 8 heteroatoms. The van der Waals surface area contributed by atoms with Gasteiger partial charge in [0.1, 0.15) is 4.90 Å². The minimum atomic E-state index is -3.64. The Labute approximate surface area is 158 Å². The quantitative estimate of drug-likeness (QED) is 0.681. The van der Waals surface area contributed by atoms with E-state index in [0.29, 0.717) is 34.3 Å². The standard InChI is InChI=1S/C16H24BrClN2O3S/c1-12(2)4-5-19-6-8-20(9-7-19)24(21,22)15-11-13(18)10-14(17)16(15)23-3/h10-12H,4-9H2,1-3H3. The van der Waals surface area contributed by atoms with Crippen LogP contribution in [0.5, 0.6) is 5.75 Å². The monoisotopic (exact) mass is 438 g/mol. The first-order valence-corrected chi connectivity index (χ1v) is 10.6. The second kappa shape index (κ2) is 8.36. The number of piperazine rings is 1. The molecule has 1 aliphatic rings. The highest BCUT2D eigenvalue weighted by atomic mass is 79.9. The highest BCUT2D eigenvalue weighted by molar-refractivity contribution is 9.10. The van der Waals surface area contributed by atoms with Crippen LogP contribution in [0.15, 0.2) is 21.5 Å². The van der Waals surface area contributed by atoms with E-state index in [1.165, 1.54) is 17.5 Å². The fraction of sp³-hybridized carbons (Fsp3) is 0.625. The zero-order chi connectivity index (χ0) is 17.9. The topological polar surface area (TPSA) is 49.9 Å². The molecule has 0 aromatic heterocycles. The molecule has 0 aliphatic carbocycles. The zero-order valence-corrected chi connectivity index (χ0v) is 17.4. The van der Waals surface area contributed by atoms with Gasteiger partial charge in [-0.15, -0.1) is 0 Å². The molecule has 136 valence electrons. The first kappa shape index (κ1) is 20.0. The van der Waals surface area contributed by atoms with Crippen molar-refractivity contribution >= 4 is 37.6 Å². The minimum Gasteiger partial charge on any atom is -0.494 e. The minimum absolute atomic E-state index is 0.111. The van der Waals surface area contributed by atoms with Crippen LogP contribution in [-0.4, -0.2) is 57.5 Å². The van der Waals surface area contributed by atoms with Gasteiger partial charge in [0.2, 0.25) is 10.0 Å². The molecule has 1 aromatic rings. The van der Waals surface area contributed by atoms with Crippen molar-refractivity contribution in [2.45, 2.75) is 25.2 Å². The van der Waals surface area contributed by atoms with E-state index in [-0.39, 0.29) is 4.90 Å². The summed E-state index contributed by atoms with van der Waals surface area (Å²) in [6.45, 7) is 7.86. The van der Waals surface area contributed by atoms with Gasteiger partial charge in [0.15, 0.2) is 5.75 Å². The fourth-order valence-corrected chi connectivity index (χ4v) is 5.49. The van der Waals surface area contributed by atoms with Crippen molar-refractivity contribution in [1.82, 2.24) is 9.21 Å². The summed E-state index contributed by atoms with van der Waals surface area (Å²) in [4.78, 5) is 2.43. The molecule has 0 bridgehead atoms. The lowest BCUT2D eigenvalue weighted by Crippen LogP contribution is -2.48. The third-order valence-electron chi connectivity index (χ3n) is 4.15. The van der Waals surface area contributed by atoms with Crippen LogP contribution >= 0.6 is 27.5 Å². The predicted octanol–water partition coefficient (Wildman–Crippen LogP) is 3.46. The molecule has 5 nitrogen and oxygen atoms in total. The molecule has 0 saturated carbocycles. The molecule has 24 heavy (non-hydrogen) atoms. The molecule has 0 unspecified atom stereocenters. The van der Waals surface area contributed by atoms with Gasteiger partial charge < -0.3 is 9.64 Å². The maximum absolute atomic E-state index is 13.0. The van der Waals surface area contributed by atoms with Crippen molar-refractivity contribution in [2.75, 3.05) is 39.8 Å². The molecule has 0 spiro atoms. The van der Waals surface area contributed by atoms with Gasteiger partial charge in [-0.1, -0.05) is 25.4 Å². The van der Waals surface area contributed by atoms with Crippen LogP contribution in [0.2, 0.25) is 5.02 Å². The Bertz CT molecular complexity index is 674. The van der Waals surface area contributed by atoms with Crippen LogP contribution in [0.3, 0.4) is 0 Å². The third-order valence-corrected chi connectivity index (χ3v) is 6.86. The van der Waals surface area contributed by atoms with Crippen molar-refractivity contribution in [2.24, 2.45) is 5.92 Å². The summed E-state index contributed by atoms with van der Waals surface area (Å²) < 4.78 is 33.3. The molecular formula is C16H24BrClN2O3S. The van der Waals surface area contributed by atoms with E-state index < -0.39 is 10.0 Å². The summed E-state index contributed by atoms with van der Waals surface area (Å²) >= 11 is 9.36. The van der Waals surface area contributed by atoms with Gasteiger partial charge in [0.05, 0.1) is 11.6 Å². The van der Waals surface area contributed by atoms with Gasteiger partial charge >= 0.3 is 0 Å². The second-order valence-electron chi connectivity index (χ2n) is 6.35. The largest absolute Gasteiger partial charge is 0.494 e. The molecule has 1 fully saturated rings. The van der Waals surface area contributed by atoms with E-state index in [1.807, 2.05) is 0 Å². The molecule has 1 aliphatic heterocycles. The van der Waals surface area contributed by atoms with Crippen molar-refractivity contribution in [3.63, 3.8) is 0 Å². The van der Waals surface area contributed by atoms with E-state index >= 15 is 0 Å². The Balaban J connectivity index is 2.15. The average Bonchev–Trinajstić information content (AvgIpc) is 2.52. The molecule has 0 radical (unpaired) electrons. The summed E-state index contributed by atoms with van der Waals surface area (Å²) in [6.07, 6.45) is 1.13. The molecule has 2 rings (SSSR count). The lowest BCUT2D eigenvalue weighted by molar-refractivity contribution is 0.180. The van der Waals surface area contributed by atoms with E-state index in [9.17, 15) is 8.42 Å². The summed E-state index contributed by atoms with van der Waals surface area (Å²) in [7, 11) is -2.18. The summed E-state index contributed by atoms with van der Waals surface area (Å²) in [5.41, 5.74) is 0.